The summed E-state index contributed by atoms with van der Waals surface area (Å²) < 4.78 is 0.928. The molecule has 0 radical (unpaired) electrons. The number of piperazine rings is 1. The van der Waals surface area contributed by atoms with Crippen LogP contribution in [-0.4, -0.2) is 51.2 Å². The maximum absolute atomic E-state index is 12.5. The van der Waals surface area contributed by atoms with Crippen LogP contribution in [0.2, 0.25) is 0 Å². The molecule has 0 atom stereocenters. The lowest BCUT2D eigenvalue weighted by atomic mass is 10.1. The third-order valence-corrected chi connectivity index (χ3v) is 7.14. The average molecular weight is 478 g/mol. The number of para-hydroxylation sites is 2. The fourth-order valence-electron chi connectivity index (χ4n) is 3.63. The van der Waals surface area contributed by atoms with E-state index in [1.807, 2.05) is 48.7 Å². The number of anilines is 2. The maximum atomic E-state index is 12.5. The van der Waals surface area contributed by atoms with E-state index in [0.717, 1.165) is 48.4 Å². The molecule has 0 spiro atoms. The summed E-state index contributed by atoms with van der Waals surface area (Å²) in [5.74, 6) is 0.606. The van der Waals surface area contributed by atoms with Crippen molar-refractivity contribution in [2.45, 2.75) is 12.3 Å². The highest BCUT2D eigenvalue weighted by Crippen LogP contribution is 2.21. The SMILES string of the molecule is Nc1ccccc1NC(=O)c1ccc(CSC(=S)N2CCN(Cc3cccnc3)CC2)cc1. The Kier molecular flexibility index (Phi) is 7.93. The van der Waals surface area contributed by atoms with Gasteiger partial charge in [-0.05, 0) is 41.5 Å². The minimum atomic E-state index is -0.174. The first-order chi connectivity index (χ1) is 16.1. The fourth-order valence-corrected chi connectivity index (χ4v) is 4.84. The minimum absolute atomic E-state index is 0.174. The third-order valence-electron chi connectivity index (χ3n) is 5.55. The van der Waals surface area contributed by atoms with Crippen molar-refractivity contribution in [3.05, 3.63) is 89.7 Å². The topological polar surface area (TPSA) is 74.5 Å². The number of carbonyl (C=O) groups excluding carboxylic acids is 1. The Balaban J connectivity index is 1.22. The number of aromatic nitrogens is 1. The second-order valence-corrected chi connectivity index (χ2v) is 9.53. The van der Waals surface area contributed by atoms with Gasteiger partial charge in [-0.15, -0.1) is 0 Å². The molecule has 0 unspecified atom stereocenters. The van der Waals surface area contributed by atoms with Gasteiger partial charge in [-0.25, -0.2) is 0 Å². The largest absolute Gasteiger partial charge is 0.397 e. The molecule has 3 N–H and O–H groups in total. The number of thioether (sulfide) groups is 1. The standard InChI is InChI=1S/C25H27N5OS2/c26-22-5-1-2-6-23(22)28-24(31)21-9-7-19(8-10-21)18-33-25(32)30-14-12-29(13-15-30)17-20-4-3-11-27-16-20/h1-11,16H,12-15,17-18,26H2,(H,28,31). The Bertz CT molecular complexity index is 1080. The van der Waals surface area contributed by atoms with Crippen molar-refractivity contribution in [1.82, 2.24) is 14.8 Å². The zero-order valence-electron chi connectivity index (χ0n) is 18.3. The number of hydrogen-bond donors (Lipinski definition) is 2. The Hall–Kier alpha value is -2.94. The van der Waals surface area contributed by atoms with Crippen LogP contribution >= 0.6 is 24.0 Å². The molecule has 4 rings (SSSR count). The molecule has 170 valence electrons. The molecule has 1 aromatic heterocycles. The van der Waals surface area contributed by atoms with Crippen molar-refractivity contribution in [1.29, 1.82) is 0 Å². The molecule has 6 nitrogen and oxygen atoms in total. The lowest BCUT2D eigenvalue weighted by Crippen LogP contribution is -2.47. The number of nitrogen functional groups attached to an aromatic ring is 1. The predicted molar refractivity (Wildman–Crippen MR) is 140 cm³/mol. The van der Waals surface area contributed by atoms with Crippen LogP contribution in [0.3, 0.4) is 0 Å². The van der Waals surface area contributed by atoms with Gasteiger partial charge in [0.15, 0.2) is 0 Å². The Morgan fingerprint density at radius 1 is 1.00 bits per heavy atom. The summed E-state index contributed by atoms with van der Waals surface area (Å²) >= 11 is 7.35. The van der Waals surface area contributed by atoms with Crippen LogP contribution in [0.1, 0.15) is 21.5 Å². The number of benzene rings is 2. The molecule has 2 aromatic carbocycles. The first kappa shape index (κ1) is 23.2. The summed E-state index contributed by atoms with van der Waals surface area (Å²) in [6.45, 7) is 4.79. The van der Waals surface area contributed by atoms with Crippen molar-refractivity contribution in [2.24, 2.45) is 0 Å². The van der Waals surface area contributed by atoms with Gasteiger partial charge in [-0.1, -0.05) is 54.3 Å². The summed E-state index contributed by atoms with van der Waals surface area (Å²) in [5.41, 5.74) is 10.0. The quantitative estimate of drug-likeness (QED) is 0.406. The maximum Gasteiger partial charge on any atom is 0.255 e. The van der Waals surface area contributed by atoms with E-state index < -0.39 is 0 Å². The van der Waals surface area contributed by atoms with Crippen molar-refractivity contribution < 1.29 is 4.79 Å². The molecule has 1 saturated heterocycles. The van der Waals surface area contributed by atoms with Crippen LogP contribution in [-0.2, 0) is 12.3 Å². The number of rotatable bonds is 6. The number of nitrogens with two attached hydrogens (primary N) is 1. The average Bonchev–Trinajstić information content (AvgIpc) is 2.85. The zero-order chi connectivity index (χ0) is 23.0. The molecule has 2 heterocycles. The Morgan fingerprint density at radius 2 is 1.76 bits per heavy atom. The monoisotopic (exact) mass is 477 g/mol. The van der Waals surface area contributed by atoms with Crippen molar-refractivity contribution in [2.75, 3.05) is 37.2 Å². The normalized spacial score (nSPS) is 14.1. The van der Waals surface area contributed by atoms with Crippen LogP contribution in [0.4, 0.5) is 11.4 Å². The van der Waals surface area contributed by atoms with Crippen LogP contribution in [0.25, 0.3) is 0 Å². The van der Waals surface area contributed by atoms with Crippen LogP contribution in [0.5, 0.6) is 0 Å². The molecule has 1 amide bonds. The number of nitrogens with one attached hydrogen (secondary N) is 1. The van der Waals surface area contributed by atoms with Gasteiger partial charge >= 0.3 is 0 Å². The van der Waals surface area contributed by atoms with Gasteiger partial charge in [-0.2, -0.15) is 0 Å². The minimum Gasteiger partial charge on any atom is -0.397 e. The molecule has 0 bridgehead atoms. The van der Waals surface area contributed by atoms with E-state index in [-0.39, 0.29) is 5.91 Å². The fraction of sp³-hybridized carbons (Fsp3) is 0.240. The van der Waals surface area contributed by atoms with E-state index >= 15 is 0 Å². The van der Waals surface area contributed by atoms with Gasteiger partial charge in [0.05, 0.1) is 11.4 Å². The van der Waals surface area contributed by atoms with Crippen LogP contribution in [0.15, 0.2) is 73.1 Å². The van der Waals surface area contributed by atoms with Crippen molar-refractivity contribution in [3.8, 4) is 0 Å². The van der Waals surface area contributed by atoms with E-state index in [4.69, 9.17) is 18.0 Å². The van der Waals surface area contributed by atoms with Gasteiger partial charge in [0.25, 0.3) is 5.91 Å². The van der Waals surface area contributed by atoms with E-state index in [2.05, 4.69) is 26.2 Å². The van der Waals surface area contributed by atoms with Crippen LogP contribution in [0, 0.1) is 0 Å². The smallest absolute Gasteiger partial charge is 0.255 e. The summed E-state index contributed by atoms with van der Waals surface area (Å²) in [7, 11) is 0. The van der Waals surface area contributed by atoms with E-state index in [1.165, 1.54) is 5.56 Å². The predicted octanol–water partition coefficient (Wildman–Crippen LogP) is 4.25. The highest BCUT2D eigenvalue weighted by Gasteiger charge is 2.19. The van der Waals surface area contributed by atoms with Gasteiger partial charge < -0.3 is 16.0 Å². The number of amides is 1. The van der Waals surface area contributed by atoms with Crippen molar-refractivity contribution >= 4 is 45.6 Å². The summed E-state index contributed by atoms with van der Waals surface area (Å²) in [6.07, 6.45) is 3.74. The molecule has 1 aliphatic rings. The van der Waals surface area contributed by atoms with Crippen molar-refractivity contribution in [3.63, 3.8) is 0 Å². The first-order valence-electron chi connectivity index (χ1n) is 10.9. The third kappa shape index (κ3) is 6.54. The molecule has 33 heavy (non-hydrogen) atoms. The summed E-state index contributed by atoms with van der Waals surface area (Å²) in [4.78, 5) is 21.4. The molecule has 0 saturated carbocycles. The highest BCUT2D eigenvalue weighted by molar-refractivity contribution is 8.22. The van der Waals surface area contributed by atoms with E-state index in [0.29, 0.717) is 16.9 Å². The number of nitrogens with zero attached hydrogens (tertiary/aromatic N) is 3. The summed E-state index contributed by atoms with van der Waals surface area (Å²) in [5, 5.41) is 2.85. The Morgan fingerprint density at radius 3 is 2.45 bits per heavy atom. The number of hydrogen-bond acceptors (Lipinski definition) is 6. The first-order valence-corrected chi connectivity index (χ1v) is 12.3. The molecule has 0 aliphatic carbocycles. The van der Waals surface area contributed by atoms with Crippen LogP contribution < -0.4 is 11.1 Å². The van der Waals surface area contributed by atoms with E-state index in [1.54, 1.807) is 30.1 Å². The molecule has 1 fully saturated rings. The molecule has 1 aliphatic heterocycles. The molecular weight excluding hydrogens is 450 g/mol. The molecule has 8 heteroatoms. The molecular formula is C25H27N5OS2. The van der Waals surface area contributed by atoms with E-state index in [9.17, 15) is 4.79 Å². The van der Waals surface area contributed by atoms with Gasteiger partial charge in [0.2, 0.25) is 0 Å². The van der Waals surface area contributed by atoms with Gasteiger partial charge in [0, 0.05) is 56.4 Å². The number of carbonyl (C=O) groups is 1. The lowest BCUT2D eigenvalue weighted by Gasteiger charge is -2.35. The second kappa shape index (κ2) is 11.3. The molecule has 3 aromatic rings. The highest BCUT2D eigenvalue weighted by atomic mass is 32.2. The Labute approximate surface area is 204 Å². The van der Waals surface area contributed by atoms with Gasteiger partial charge in [0.1, 0.15) is 4.32 Å². The zero-order valence-corrected chi connectivity index (χ0v) is 19.9. The number of pyridine rings is 1. The van der Waals surface area contributed by atoms with Gasteiger partial charge in [-0.3, -0.25) is 14.7 Å². The lowest BCUT2D eigenvalue weighted by molar-refractivity contribution is 0.102. The summed E-state index contributed by atoms with van der Waals surface area (Å²) in [6, 6.07) is 19.0. The number of thiocarbonyl (C=S) groups is 1. The second-order valence-electron chi connectivity index (χ2n) is 7.92.